The Morgan fingerprint density at radius 1 is 1.33 bits per heavy atom. The maximum atomic E-state index is 6.18. The van der Waals surface area contributed by atoms with Crippen molar-refractivity contribution >= 4 is 22.5 Å². The van der Waals surface area contributed by atoms with Crippen molar-refractivity contribution in [3.8, 4) is 0 Å². The predicted molar refractivity (Wildman–Crippen MR) is 76.1 cm³/mol. The van der Waals surface area contributed by atoms with E-state index in [0.29, 0.717) is 0 Å². The van der Waals surface area contributed by atoms with Crippen molar-refractivity contribution in [1.82, 2.24) is 4.98 Å². The van der Waals surface area contributed by atoms with Gasteiger partial charge in [0.25, 0.3) is 0 Å². The summed E-state index contributed by atoms with van der Waals surface area (Å²) >= 11 is 6.18. The molecule has 0 aliphatic heterocycles. The minimum absolute atomic E-state index is 0.0280. The van der Waals surface area contributed by atoms with Crippen LogP contribution in [0.3, 0.4) is 0 Å². The third kappa shape index (κ3) is 1.72. The van der Waals surface area contributed by atoms with Crippen LogP contribution in [-0.4, -0.2) is 4.98 Å². The van der Waals surface area contributed by atoms with Gasteiger partial charge in [-0.2, -0.15) is 0 Å². The van der Waals surface area contributed by atoms with Crippen LogP contribution in [0.2, 0.25) is 5.02 Å². The summed E-state index contributed by atoms with van der Waals surface area (Å²) in [5.74, 6) is 0. The number of rotatable bonds is 1. The van der Waals surface area contributed by atoms with Gasteiger partial charge in [0.2, 0.25) is 0 Å². The largest absolute Gasteiger partial charge is 0.324 e. The zero-order chi connectivity index (χ0) is 12.9. The van der Waals surface area contributed by atoms with Crippen LogP contribution < -0.4 is 5.73 Å². The number of aromatic nitrogens is 1. The molecule has 0 radical (unpaired) electrons. The number of benzene rings is 1. The van der Waals surface area contributed by atoms with Gasteiger partial charge in [0.05, 0.1) is 5.52 Å². The molecule has 0 bridgehead atoms. The van der Waals surface area contributed by atoms with Gasteiger partial charge in [-0.15, -0.1) is 0 Å². The molecular weight excluding hydrogens is 244 g/mol. The van der Waals surface area contributed by atoms with Crippen LogP contribution in [0, 0.1) is 6.92 Å². The molecule has 1 unspecified atom stereocenters. The van der Waals surface area contributed by atoms with Gasteiger partial charge >= 0.3 is 0 Å². The molecule has 3 rings (SSSR count). The van der Waals surface area contributed by atoms with E-state index < -0.39 is 0 Å². The number of fused-ring (bicyclic) bond motifs is 2. The van der Waals surface area contributed by atoms with Crippen molar-refractivity contribution < 1.29 is 0 Å². The van der Waals surface area contributed by atoms with Gasteiger partial charge in [-0.3, -0.25) is 4.98 Å². The molecule has 3 heteroatoms. The average molecular weight is 261 g/mol. The van der Waals surface area contributed by atoms with E-state index in [1.54, 1.807) is 0 Å². The van der Waals surface area contributed by atoms with E-state index in [0.717, 1.165) is 34.3 Å². The first-order valence-corrected chi connectivity index (χ1v) is 6.83. The van der Waals surface area contributed by atoms with E-state index in [1.165, 1.54) is 23.2 Å². The Morgan fingerprint density at radius 3 is 2.83 bits per heavy atom. The normalized spacial score (nSPS) is 16.0. The van der Waals surface area contributed by atoms with Crippen molar-refractivity contribution in [3.05, 3.63) is 39.5 Å². The van der Waals surface area contributed by atoms with Crippen LogP contribution >= 0.6 is 11.6 Å². The first-order chi connectivity index (χ1) is 8.58. The second-order valence-electron chi connectivity index (χ2n) is 5.21. The van der Waals surface area contributed by atoms with E-state index >= 15 is 0 Å². The van der Waals surface area contributed by atoms with Gasteiger partial charge in [0, 0.05) is 22.1 Å². The number of pyridine rings is 1. The van der Waals surface area contributed by atoms with Crippen molar-refractivity contribution in [2.75, 3.05) is 0 Å². The molecule has 18 heavy (non-hydrogen) atoms. The fourth-order valence-electron chi connectivity index (χ4n) is 3.05. The van der Waals surface area contributed by atoms with E-state index in [1.807, 2.05) is 19.1 Å². The standard InChI is InChI=1S/C15H17ClN2/c1-8-6-10(16)7-12-14(9(2)17)11-4-3-5-13(11)18-15(8)12/h6-7,9H,3-5,17H2,1-2H3. The average Bonchev–Trinajstić information content (AvgIpc) is 2.73. The molecule has 0 saturated carbocycles. The highest BCUT2D eigenvalue weighted by Gasteiger charge is 2.22. The highest BCUT2D eigenvalue weighted by Crippen LogP contribution is 2.35. The Labute approximate surface area is 112 Å². The minimum Gasteiger partial charge on any atom is -0.324 e. The van der Waals surface area contributed by atoms with Gasteiger partial charge < -0.3 is 5.73 Å². The molecule has 2 aromatic rings. The fraction of sp³-hybridized carbons (Fsp3) is 0.400. The quantitative estimate of drug-likeness (QED) is 0.849. The number of aryl methyl sites for hydroxylation is 2. The molecule has 1 aromatic carbocycles. The zero-order valence-corrected chi connectivity index (χ0v) is 11.5. The summed E-state index contributed by atoms with van der Waals surface area (Å²) in [5, 5.41) is 1.90. The molecular formula is C15H17ClN2. The molecule has 1 aliphatic carbocycles. The van der Waals surface area contributed by atoms with Crippen molar-refractivity contribution in [1.29, 1.82) is 0 Å². The highest BCUT2D eigenvalue weighted by atomic mass is 35.5. The molecule has 1 atom stereocenters. The van der Waals surface area contributed by atoms with Crippen LogP contribution in [0.15, 0.2) is 12.1 Å². The van der Waals surface area contributed by atoms with E-state index in [-0.39, 0.29) is 6.04 Å². The van der Waals surface area contributed by atoms with E-state index in [9.17, 15) is 0 Å². The molecule has 1 aliphatic rings. The molecule has 0 saturated heterocycles. The Hall–Kier alpha value is -1.12. The van der Waals surface area contributed by atoms with Crippen LogP contribution in [0.5, 0.6) is 0 Å². The maximum absolute atomic E-state index is 6.18. The lowest BCUT2D eigenvalue weighted by molar-refractivity contribution is 0.806. The van der Waals surface area contributed by atoms with Crippen LogP contribution in [0.4, 0.5) is 0 Å². The molecule has 94 valence electrons. The molecule has 0 amide bonds. The first kappa shape index (κ1) is 11.9. The molecule has 0 fully saturated rings. The van der Waals surface area contributed by atoms with Gasteiger partial charge in [0.1, 0.15) is 0 Å². The topological polar surface area (TPSA) is 38.9 Å². The summed E-state index contributed by atoms with van der Waals surface area (Å²) < 4.78 is 0. The second-order valence-corrected chi connectivity index (χ2v) is 5.65. The Bertz CT molecular complexity index is 632. The fourth-order valence-corrected chi connectivity index (χ4v) is 3.32. The van der Waals surface area contributed by atoms with Crippen LogP contribution in [0.1, 0.15) is 41.8 Å². The van der Waals surface area contributed by atoms with Gasteiger partial charge in [-0.05, 0) is 61.9 Å². The van der Waals surface area contributed by atoms with Gasteiger partial charge in [-0.1, -0.05) is 11.6 Å². The summed E-state index contributed by atoms with van der Waals surface area (Å²) in [7, 11) is 0. The summed E-state index contributed by atoms with van der Waals surface area (Å²) in [6.07, 6.45) is 3.36. The van der Waals surface area contributed by atoms with E-state index in [4.69, 9.17) is 22.3 Å². The van der Waals surface area contributed by atoms with Gasteiger partial charge in [0.15, 0.2) is 0 Å². The summed E-state index contributed by atoms with van der Waals surface area (Å²) in [6.45, 7) is 4.11. The van der Waals surface area contributed by atoms with Crippen molar-refractivity contribution in [3.63, 3.8) is 0 Å². The smallest absolute Gasteiger partial charge is 0.0739 e. The summed E-state index contributed by atoms with van der Waals surface area (Å²) in [5.41, 5.74) is 12.2. The third-order valence-electron chi connectivity index (χ3n) is 3.77. The summed E-state index contributed by atoms with van der Waals surface area (Å²) in [4.78, 5) is 4.83. The number of nitrogens with two attached hydrogens (primary N) is 1. The predicted octanol–water partition coefficient (Wildman–Crippen LogP) is 3.71. The Morgan fingerprint density at radius 2 is 2.11 bits per heavy atom. The number of halogens is 1. The molecule has 1 aromatic heterocycles. The molecule has 0 spiro atoms. The van der Waals surface area contributed by atoms with Crippen LogP contribution in [-0.2, 0) is 12.8 Å². The lowest BCUT2D eigenvalue weighted by Gasteiger charge is -2.16. The number of hydrogen-bond acceptors (Lipinski definition) is 2. The monoisotopic (exact) mass is 260 g/mol. The zero-order valence-electron chi connectivity index (χ0n) is 10.8. The van der Waals surface area contributed by atoms with Crippen molar-refractivity contribution in [2.24, 2.45) is 5.73 Å². The van der Waals surface area contributed by atoms with Crippen LogP contribution in [0.25, 0.3) is 10.9 Å². The maximum Gasteiger partial charge on any atom is 0.0739 e. The lowest BCUT2D eigenvalue weighted by Crippen LogP contribution is -2.10. The third-order valence-corrected chi connectivity index (χ3v) is 3.99. The van der Waals surface area contributed by atoms with Crippen molar-refractivity contribution in [2.45, 2.75) is 39.2 Å². The summed E-state index contributed by atoms with van der Waals surface area (Å²) in [6, 6.07) is 4.01. The lowest BCUT2D eigenvalue weighted by atomic mass is 9.95. The highest BCUT2D eigenvalue weighted by molar-refractivity contribution is 6.31. The minimum atomic E-state index is 0.0280. The van der Waals surface area contributed by atoms with E-state index in [2.05, 4.69) is 6.92 Å². The SMILES string of the molecule is Cc1cc(Cl)cc2c(C(C)N)c3c(nc12)CCC3. The Kier molecular flexibility index (Phi) is 2.80. The second kappa shape index (κ2) is 4.22. The van der Waals surface area contributed by atoms with Gasteiger partial charge in [-0.25, -0.2) is 0 Å². The molecule has 2 N–H and O–H groups in total. The number of nitrogens with zero attached hydrogens (tertiary/aromatic N) is 1. The number of hydrogen-bond donors (Lipinski definition) is 1. The first-order valence-electron chi connectivity index (χ1n) is 6.45. The Balaban J connectivity index is 2.46. The molecule has 2 nitrogen and oxygen atoms in total. The molecule has 1 heterocycles.